The second-order valence-corrected chi connectivity index (χ2v) is 8.81. The van der Waals surface area contributed by atoms with Crippen molar-refractivity contribution in [2.24, 2.45) is 28.6 Å². The van der Waals surface area contributed by atoms with Crippen LogP contribution in [-0.4, -0.2) is 39.9 Å². The molecule has 0 heterocycles. The van der Waals surface area contributed by atoms with Gasteiger partial charge >= 0.3 is 0 Å². The fourth-order valence-electron chi connectivity index (χ4n) is 6.54. The minimum Gasteiger partial charge on any atom is -0.393 e. The third-order valence-corrected chi connectivity index (χ3v) is 7.67. The fraction of sp³-hybridized carbons (Fsp3) is 0.667. The molecule has 2 saturated carbocycles. The van der Waals surface area contributed by atoms with Crippen molar-refractivity contribution in [3.05, 3.63) is 35.5 Å². The van der Waals surface area contributed by atoms with Crippen LogP contribution in [0.15, 0.2) is 35.5 Å². The summed E-state index contributed by atoms with van der Waals surface area (Å²) in [6, 6.07) is 0. The Morgan fingerprint density at radius 2 is 2.12 bits per heavy atom. The predicted molar refractivity (Wildman–Crippen MR) is 94.6 cm³/mol. The van der Waals surface area contributed by atoms with Crippen molar-refractivity contribution in [2.75, 3.05) is 6.61 Å². The van der Waals surface area contributed by atoms with E-state index in [9.17, 15) is 20.1 Å². The fourth-order valence-corrected chi connectivity index (χ4v) is 6.54. The molecule has 0 radical (unpaired) electrons. The highest BCUT2D eigenvalue weighted by atomic mass is 16.3. The number of carbonyl (C=O) groups is 1. The molecular weight excluding hydrogens is 316 g/mol. The van der Waals surface area contributed by atoms with E-state index in [1.807, 2.05) is 6.08 Å². The Hall–Kier alpha value is -1.23. The molecule has 3 N–H and O–H groups in total. The smallest absolute Gasteiger partial charge is 0.178 e. The molecule has 0 amide bonds. The molecule has 2 fully saturated rings. The summed E-state index contributed by atoms with van der Waals surface area (Å²) in [5.74, 6) is 0.890. The molecule has 7 atom stereocenters. The third-order valence-electron chi connectivity index (χ3n) is 7.67. The first kappa shape index (κ1) is 17.2. The van der Waals surface area contributed by atoms with Crippen LogP contribution in [0.1, 0.15) is 39.5 Å². The number of hydrogen-bond donors (Lipinski definition) is 3. The Morgan fingerprint density at radius 1 is 1.36 bits per heavy atom. The number of fused-ring (bicyclic) bond motifs is 5. The molecule has 4 aliphatic rings. The summed E-state index contributed by atoms with van der Waals surface area (Å²) >= 11 is 0. The molecular formula is C21H28O4. The van der Waals surface area contributed by atoms with E-state index in [2.05, 4.69) is 19.9 Å². The number of hydrogen-bond acceptors (Lipinski definition) is 4. The first-order valence-corrected chi connectivity index (χ1v) is 9.43. The van der Waals surface area contributed by atoms with E-state index in [4.69, 9.17) is 0 Å². The molecule has 0 spiro atoms. The Morgan fingerprint density at radius 3 is 2.84 bits per heavy atom. The lowest BCUT2D eigenvalue weighted by atomic mass is 9.47. The Bertz CT molecular complexity index is 690. The maximum atomic E-state index is 11.8. The molecule has 0 aromatic rings. The zero-order chi connectivity index (χ0) is 18.0. The van der Waals surface area contributed by atoms with E-state index in [1.165, 1.54) is 0 Å². The first-order valence-electron chi connectivity index (χ1n) is 9.43. The zero-order valence-electron chi connectivity index (χ0n) is 15.0. The van der Waals surface area contributed by atoms with Crippen LogP contribution in [0.3, 0.4) is 0 Å². The molecule has 1 unspecified atom stereocenters. The van der Waals surface area contributed by atoms with Gasteiger partial charge in [0.1, 0.15) is 0 Å². The van der Waals surface area contributed by atoms with Gasteiger partial charge in [-0.1, -0.05) is 31.6 Å². The van der Waals surface area contributed by atoms with Gasteiger partial charge < -0.3 is 15.3 Å². The molecule has 0 aromatic heterocycles. The number of allylic oxidation sites excluding steroid dienone is 5. The van der Waals surface area contributed by atoms with Gasteiger partial charge in [0.05, 0.1) is 18.8 Å². The van der Waals surface area contributed by atoms with Crippen molar-refractivity contribution in [2.45, 2.75) is 51.7 Å². The minimum atomic E-state index is -0.833. The van der Waals surface area contributed by atoms with Crippen LogP contribution >= 0.6 is 0 Å². The van der Waals surface area contributed by atoms with E-state index in [0.29, 0.717) is 18.3 Å². The van der Waals surface area contributed by atoms with Crippen LogP contribution in [0, 0.1) is 28.6 Å². The summed E-state index contributed by atoms with van der Waals surface area (Å²) in [7, 11) is 0. The van der Waals surface area contributed by atoms with E-state index in [-0.39, 0.29) is 29.1 Å². The molecule has 4 heteroatoms. The Labute approximate surface area is 148 Å². The second-order valence-electron chi connectivity index (χ2n) is 8.81. The number of rotatable bonds is 2. The van der Waals surface area contributed by atoms with E-state index >= 15 is 0 Å². The lowest BCUT2D eigenvalue weighted by molar-refractivity contribution is -0.113. The predicted octanol–water partition coefficient (Wildman–Crippen LogP) is 2.15. The molecule has 4 aliphatic carbocycles. The molecule has 25 heavy (non-hydrogen) atoms. The molecule has 0 aliphatic heterocycles. The van der Waals surface area contributed by atoms with Crippen molar-refractivity contribution in [1.29, 1.82) is 0 Å². The summed E-state index contributed by atoms with van der Waals surface area (Å²) in [6.45, 7) is 4.03. The average Bonchev–Trinajstić information content (AvgIpc) is 2.91. The highest BCUT2D eigenvalue weighted by Gasteiger charge is 2.60. The number of aliphatic hydroxyl groups is 3. The topological polar surface area (TPSA) is 77.8 Å². The maximum absolute atomic E-state index is 11.8. The van der Waals surface area contributed by atoms with Gasteiger partial charge in [-0.25, -0.2) is 0 Å². The average molecular weight is 344 g/mol. The van der Waals surface area contributed by atoms with Crippen molar-refractivity contribution >= 4 is 5.78 Å². The number of aliphatic hydroxyl groups excluding tert-OH is 3. The normalized spacial score (nSPS) is 46.7. The van der Waals surface area contributed by atoms with E-state index in [0.717, 1.165) is 30.4 Å². The van der Waals surface area contributed by atoms with Crippen LogP contribution in [-0.2, 0) is 4.79 Å². The van der Waals surface area contributed by atoms with Gasteiger partial charge in [0, 0.05) is 11.3 Å². The van der Waals surface area contributed by atoms with Crippen LogP contribution in [0.5, 0.6) is 0 Å². The molecule has 0 bridgehead atoms. The Kier molecular flexibility index (Phi) is 3.87. The maximum Gasteiger partial charge on any atom is 0.178 e. The van der Waals surface area contributed by atoms with Crippen molar-refractivity contribution in [3.63, 3.8) is 0 Å². The summed E-state index contributed by atoms with van der Waals surface area (Å²) in [5, 5.41) is 30.8. The number of ketones is 1. The second kappa shape index (κ2) is 5.63. The van der Waals surface area contributed by atoms with Gasteiger partial charge in [0.25, 0.3) is 0 Å². The molecule has 4 nitrogen and oxygen atoms in total. The van der Waals surface area contributed by atoms with Gasteiger partial charge in [-0.05, 0) is 60.7 Å². The van der Waals surface area contributed by atoms with E-state index in [1.54, 1.807) is 12.2 Å². The van der Waals surface area contributed by atoms with Crippen LogP contribution in [0.25, 0.3) is 0 Å². The summed E-state index contributed by atoms with van der Waals surface area (Å²) < 4.78 is 0. The van der Waals surface area contributed by atoms with Crippen LogP contribution < -0.4 is 0 Å². The van der Waals surface area contributed by atoms with Crippen LogP contribution in [0.2, 0.25) is 0 Å². The number of carbonyl (C=O) groups excluding carboxylic acids is 1. The first-order chi connectivity index (χ1) is 11.8. The van der Waals surface area contributed by atoms with Gasteiger partial charge in [-0.3, -0.25) is 4.79 Å². The highest BCUT2D eigenvalue weighted by molar-refractivity contribution is 6.01. The summed E-state index contributed by atoms with van der Waals surface area (Å²) in [4.78, 5) is 11.8. The molecule has 0 saturated heterocycles. The standard InChI is InChI=1S/C21H28O4/c1-20-8-7-13(23)9-12(20)3-4-14-15-5-6-16(18(25)11-22)21(15,2)10-17(24)19(14)20/h6-9,14-15,17-19,22,24-25H,3-5,10-11H2,1-2H3/t14-,15-,17-,18?,19+,20-,21-/m0/s1. The SMILES string of the molecule is C[C@]12C=CC(=O)C=C1CC[C@@H]1[C@@H]2[C@@H](O)C[C@]2(C)C(C(O)CO)=CC[C@@H]12. The molecule has 136 valence electrons. The monoisotopic (exact) mass is 344 g/mol. The van der Waals surface area contributed by atoms with Gasteiger partial charge in [-0.15, -0.1) is 0 Å². The molecule has 4 rings (SSSR count). The van der Waals surface area contributed by atoms with Crippen LogP contribution in [0.4, 0.5) is 0 Å². The van der Waals surface area contributed by atoms with Gasteiger partial charge in [0.2, 0.25) is 0 Å². The van der Waals surface area contributed by atoms with E-state index < -0.39 is 12.2 Å². The van der Waals surface area contributed by atoms with Crippen molar-refractivity contribution < 1.29 is 20.1 Å². The molecule has 0 aromatic carbocycles. The van der Waals surface area contributed by atoms with Crippen molar-refractivity contribution in [3.8, 4) is 0 Å². The highest BCUT2D eigenvalue weighted by Crippen LogP contribution is 2.64. The summed E-state index contributed by atoms with van der Waals surface area (Å²) in [6.07, 6.45) is 9.58. The zero-order valence-corrected chi connectivity index (χ0v) is 15.0. The summed E-state index contributed by atoms with van der Waals surface area (Å²) in [5.41, 5.74) is 1.55. The van der Waals surface area contributed by atoms with Gasteiger partial charge in [0.15, 0.2) is 5.78 Å². The van der Waals surface area contributed by atoms with Gasteiger partial charge in [-0.2, -0.15) is 0 Å². The quantitative estimate of drug-likeness (QED) is 0.671. The minimum absolute atomic E-state index is 0.0527. The lowest BCUT2D eigenvalue weighted by Gasteiger charge is -2.58. The third kappa shape index (κ3) is 2.27. The Balaban J connectivity index is 1.71. The van der Waals surface area contributed by atoms with Crippen molar-refractivity contribution in [1.82, 2.24) is 0 Å². The largest absolute Gasteiger partial charge is 0.393 e. The lowest BCUT2D eigenvalue weighted by Crippen LogP contribution is -2.56.